The van der Waals surface area contributed by atoms with E-state index in [2.05, 4.69) is 9.38 Å². The molecular weight excluding hydrogens is 280 g/mol. The van der Waals surface area contributed by atoms with Gasteiger partial charge in [-0.25, -0.2) is 4.21 Å². The van der Waals surface area contributed by atoms with Crippen LogP contribution in [0.2, 0.25) is 0 Å². The van der Waals surface area contributed by atoms with E-state index in [9.17, 15) is 4.21 Å². The van der Waals surface area contributed by atoms with E-state index in [1.165, 1.54) is 0 Å². The molecule has 0 radical (unpaired) electrons. The van der Waals surface area contributed by atoms with E-state index in [0.29, 0.717) is 4.90 Å². The summed E-state index contributed by atoms with van der Waals surface area (Å²) in [4.78, 5) is 5.00. The van der Waals surface area contributed by atoms with E-state index in [0.717, 1.165) is 22.0 Å². The highest BCUT2D eigenvalue weighted by Gasteiger charge is 2.02. The van der Waals surface area contributed by atoms with Crippen LogP contribution < -0.4 is 0 Å². The second kappa shape index (κ2) is 5.97. The number of nitrogens with zero attached hydrogens (tertiary/aromatic N) is 2. The minimum atomic E-state index is -1.39. The average Bonchev–Trinajstić information content (AvgIpc) is 2.53. The number of aromatic nitrogens is 1. The molecule has 1 heterocycles. The number of aryl methyl sites for hydroxylation is 1. The second-order valence-electron chi connectivity index (χ2n) is 4.71. The third kappa shape index (κ3) is 3.06. The van der Waals surface area contributed by atoms with E-state index < -0.39 is 11.0 Å². The van der Waals surface area contributed by atoms with Crippen LogP contribution in [0.5, 0.6) is 0 Å². The Morgan fingerprint density at radius 1 is 1.05 bits per heavy atom. The van der Waals surface area contributed by atoms with Crippen LogP contribution in [-0.2, 0) is 11.0 Å². The Bertz CT molecular complexity index is 820. The van der Waals surface area contributed by atoms with E-state index in [4.69, 9.17) is 0 Å². The summed E-state index contributed by atoms with van der Waals surface area (Å²) in [5, 5.41) is 1.00. The Morgan fingerprint density at radius 3 is 2.62 bits per heavy atom. The minimum absolute atomic E-state index is 0.704. The van der Waals surface area contributed by atoms with E-state index in [1.54, 1.807) is 12.4 Å². The van der Waals surface area contributed by atoms with Gasteiger partial charge in [0.2, 0.25) is 0 Å². The van der Waals surface area contributed by atoms with Crippen molar-refractivity contribution < 1.29 is 4.21 Å². The Morgan fingerprint density at radius 2 is 1.81 bits per heavy atom. The van der Waals surface area contributed by atoms with Gasteiger partial charge in [0, 0.05) is 23.4 Å². The Kier molecular flexibility index (Phi) is 3.88. The molecule has 0 aliphatic carbocycles. The molecule has 3 aromatic rings. The third-order valence-electron chi connectivity index (χ3n) is 3.19. The highest BCUT2D eigenvalue weighted by atomic mass is 32.2. The molecule has 1 atom stereocenters. The monoisotopic (exact) mass is 294 g/mol. The molecule has 21 heavy (non-hydrogen) atoms. The van der Waals surface area contributed by atoms with Crippen molar-refractivity contribution in [3.05, 3.63) is 71.9 Å². The number of benzene rings is 2. The molecule has 0 bridgehead atoms. The standard InChI is InChI=1S/C17H14N2OS/c1-13-6-8-15(9-7-13)21(20)19-12-14-10-11-18-17-5-3-2-4-16(14)17/h2-12H,1H3/b19-12+/t21-/m0/s1. The zero-order valence-electron chi connectivity index (χ0n) is 11.6. The van der Waals surface area contributed by atoms with Gasteiger partial charge in [0.05, 0.1) is 10.4 Å². The smallest absolute Gasteiger partial charge is 0.172 e. The van der Waals surface area contributed by atoms with Gasteiger partial charge >= 0.3 is 0 Å². The minimum Gasteiger partial charge on any atom is -0.256 e. The fourth-order valence-electron chi connectivity index (χ4n) is 2.05. The average molecular weight is 294 g/mol. The number of hydrogen-bond acceptors (Lipinski definition) is 2. The van der Waals surface area contributed by atoms with Crippen LogP contribution in [0, 0.1) is 6.92 Å². The van der Waals surface area contributed by atoms with Crippen molar-refractivity contribution in [1.82, 2.24) is 4.98 Å². The summed E-state index contributed by atoms with van der Waals surface area (Å²) in [5.74, 6) is 0. The van der Waals surface area contributed by atoms with Crippen molar-refractivity contribution in [1.29, 1.82) is 0 Å². The number of fused-ring (bicyclic) bond motifs is 1. The van der Waals surface area contributed by atoms with Crippen LogP contribution in [0.25, 0.3) is 10.9 Å². The summed E-state index contributed by atoms with van der Waals surface area (Å²) < 4.78 is 16.3. The molecule has 0 amide bonds. The maximum absolute atomic E-state index is 12.2. The lowest BCUT2D eigenvalue weighted by Gasteiger charge is -2.00. The Hall–Kier alpha value is -2.33. The lowest BCUT2D eigenvalue weighted by atomic mass is 10.1. The summed E-state index contributed by atoms with van der Waals surface area (Å²) in [6.07, 6.45) is 3.39. The predicted molar refractivity (Wildman–Crippen MR) is 86.9 cm³/mol. The van der Waals surface area contributed by atoms with Gasteiger partial charge in [-0.05, 0) is 31.2 Å². The predicted octanol–water partition coefficient (Wildman–Crippen LogP) is 3.68. The molecule has 0 N–H and O–H groups in total. The lowest BCUT2D eigenvalue weighted by molar-refractivity contribution is 0.684. The van der Waals surface area contributed by atoms with Gasteiger partial charge in [0.15, 0.2) is 11.0 Å². The van der Waals surface area contributed by atoms with E-state index >= 15 is 0 Å². The summed E-state index contributed by atoms with van der Waals surface area (Å²) in [6.45, 7) is 2.00. The number of para-hydroxylation sites is 1. The third-order valence-corrected chi connectivity index (χ3v) is 4.17. The Balaban J connectivity index is 1.91. The molecule has 3 rings (SSSR count). The fourth-order valence-corrected chi connectivity index (χ4v) is 2.75. The van der Waals surface area contributed by atoms with Gasteiger partial charge in [-0.15, -0.1) is 0 Å². The molecule has 4 heteroatoms. The van der Waals surface area contributed by atoms with Crippen LogP contribution in [0.1, 0.15) is 11.1 Å². The molecule has 0 spiro atoms. The summed E-state index contributed by atoms with van der Waals surface area (Å²) in [5.41, 5.74) is 2.96. The SMILES string of the molecule is Cc1ccc([S@](=O)/N=C/c2ccnc3ccccc23)cc1. The maximum atomic E-state index is 12.2. The lowest BCUT2D eigenvalue weighted by Crippen LogP contribution is -1.91. The van der Waals surface area contributed by atoms with Crippen LogP contribution in [0.3, 0.4) is 0 Å². The largest absolute Gasteiger partial charge is 0.256 e. The molecule has 0 aliphatic rings. The molecular formula is C17H14N2OS. The van der Waals surface area contributed by atoms with Crippen molar-refractivity contribution in [2.24, 2.45) is 4.40 Å². The quantitative estimate of drug-likeness (QED) is 0.691. The first-order chi connectivity index (χ1) is 10.2. The van der Waals surface area contributed by atoms with Gasteiger partial charge < -0.3 is 0 Å². The highest BCUT2D eigenvalue weighted by molar-refractivity contribution is 7.83. The first-order valence-corrected chi connectivity index (χ1v) is 7.71. The number of pyridine rings is 1. The van der Waals surface area contributed by atoms with Crippen LogP contribution >= 0.6 is 0 Å². The van der Waals surface area contributed by atoms with Gasteiger partial charge in [0.1, 0.15) is 0 Å². The number of hydrogen-bond donors (Lipinski definition) is 0. The molecule has 0 saturated heterocycles. The van der Waals surface area contributed by atoms with Crippen molar-refractivity contribution in [2.45, 2.75) is 11.8 Å². The molecule has 0 saturated carbocycles. The molecule has 3 nitrogen and oxygen atoms in total. The summed E-state index contributed by atoms with van der Waals surface area (Å²) >= 11 is 0. The van der Waals surface area contributed by atoms with Crippen molar-refractivity contribution in [3.63, 3.8) is 0 Å². The van der Waals surface area contributed by atoms with Crippen LogP contribution in [0.4, 0.5) is 0 Å². The molecule has 0 fully saturated rings. The Labute approximate surface area is 126 Å². The maximum Gasteiger partial charge on any atom is 0.172 e. The van der Waals surface area contributed by atoms with Gasteiger partial charge in [-0.3, -0.25) is 4.98 Å². The first-order valence-electron chi connectivity index (χ1n) is 6.60. The van der Waals surface area contributed by atoms with Crippen LogP contribution in [-0.4, -0.2) is 15.4 Å². The molecule has 1 aromatic heterocycles. The second-order valence-corrected chi connectivity index (χ2v) is 5.89. The highest BCUT2D eigenvalue weighted by Crippen LogP contribution is 2.15. The molecule has 0 aliphatic heterocycles. The zero-order valence-corrected chi connectivity index (χ0v) is 12.4. The number of rotatable bonds is 3. The first kappa shape index (κ1) is 13.6. The molecule has 2 aromatic carbocycles. The van der Waals surface area contributed by atoms with Crippen LogP contribution in [0.15, 0.2) is 70.1 Å². The summed E-state index contributed by atoms with van der Waals surface area (Å²) in [7, 11) is -1.39. The van der Waals surface area contributed by atoms with Crippen molar-refractivity contribution in [2.75, 3.05) is 0 Å². The molecule has 0 unspecified atom stereocenters. The molecule has 104 valence electrons. The normalized spacial score (nSPS) is 12.8. The zero-order chi connectivity index (χ0) is 14.7. The van der Waals surface area contributed by atoms with Gasteiger partial charge in [-0.2, -0.15) is 4.40 Å². The van der Waals surface area contributed by atoms with E-state index in [1.807, 2.05) is 61.5 Å². The van der Waals surface area contributed by atoms with Crippen molar-refractivity contribution in [3.8, 4) is 0 Å². The summed E-state index contributed by atoms with van der Waals surface area (Å²) in [6, 6.07) is 17.3. The van der Waals surface area contributed by atoms with Gasteiger partial charge in [-0.1, -0.05) is 35.9 Å². The topological polar surface area (TPSA) is 42.3 Å². The fraction of sp³-hybridized carbons (Fsp3) is 0.0588. The van der Waals surface area contributed by atoms with Gasteiger partial charge in [0.25, 0.3) is 0 Å². The van der Waals surface area contributed by atoms with Crippen molar-refractivity contribution >= 4 is 28.1 Å². The van der Waals surface area contributed by atoms with E-state index in [-0.39, 0.29) is 0 Å².